The zero-order valence-electron chi connectivity index (χ0n) is 13.2. The number of hydrogen-bond acceptors (Lipinski definition) is 3. The second-order valence-corrected chi connectivity index (χ2v) is 6.79. The SMILES string of the molecule is c1ccc2nc(N3CCCCC3)c(CNCC3CC3)cc2c1. The van der Waals surface area contributed by atoms with Crippen molar-refractivity contribution in [3.63, 3.8) is 0 Å². The molecule has 0 bridgehead atoms. The van der Waals surface area contributed by atoms with Crippen LogP contribution in [0, 0.1) is 5.92 Å². The molecule has 1 saturated carbocycles. The Balaban J connectivity index is 1.63. The predicted octanol–water partition coefficient (Wildman–Crippen LogP) is 3.72. The third kappa shape index (κ3) is 3.09. The number of benzene rings is 1. The van der Waals surface area contributed by atoms with E-state index in [4.69, 9.17) is 4.98 Å². The maximum Gasteiger partial charge on any atom is 0.133 e. The molecule has 0 atom stereocenters. The lowest BCUT2D eigenvalue weighted by Gasteiger charge is -2.30. The van der Waals surface area contributed by atoms with E-state index in [2.05, 4.69) is 40.5 Å². The van der Waals surface area contributed by atoms with Crippen LogP contribution in [0.15, 0.2) is 30.3 Å². The zero-order chi connectivity index (χ0) is 14.8. The molecule has 1 N–H and O–H groups in total. The number of rotatable bonds is 5. The van der Waals surface area contributed by atoms with Crippen molar-refractivity contribution in [1.29, 1.82) is 0 Å². The number of anilines is 1. The summed E-state index contributed by atoms with van der Waals surface area (Å²) >= 11 is 0. The summed E-state index contributed by atoms with van der Waals surface area (Å²) in [5.41, 5.74) is 2.48. The molecule has 116 valence electrons. The Kier molecular flexibility index (Phi) is 3.98. The molecule has 2 heterocycles. The molecular formula is C19H25N3. The summed E-state index contributed by atoms with van der Waals surface area (Å²) in [6.07, 6.45) is 6.76. The summed E-state index contributed by atoms with van der Waals surface area (Å²) in [6, 6.07) is 10.8. The third-order valence-corrected chi connectivity index (χ3v) is 4.88. The number of nitrogens with one attached hydrogen (secondary N) is 1. The Morgan fingerprint density at radius 1 is 1.09 bits per heavy atom. The first-order chi connectivity index (χ1) is 10.9. The highest BCUT2D eigenvalue weighted by molar-refractivity contribution is 5.81. The number of fused-ring (bicyclic) bond motifs is 1. The van der Waals surface area contributed by atoms with Crippen molar-refractivity contribution in [2.75, 3.05) is 24.5 Å². The lowest BCUT2D eigenvalue weighted by atomic mass is 10.1. The van der Waals surface area contributed by atoms with Gasteiger partial charge in [-0.05, 0) is 56.7 Å². The summed E-state index contributed by atoms with van der Waals surface area (Å²) in [5, 5.41) is 4.90. The summed E-state index contributed by atoms with van der Waals surface area (Å²) in [4.78, 5) is 7.49. The summed E-state index contributed by atoms with van der Waals surface area (Å²) < 4.78 is 0. The van der Waals surface area contributed by atoms with Gasteiger partial charge in [0.2, 0.25) is 0 Å². The molecule has 0 radical (unpaired) electrons. The van der Waals surface area contributed by atoms with Gasteiger partial charge in [0.15, 0.2) is 0 Å². The number of para-hydroxylation sites is 1. The summed E-state index contributed by atoms with van der Waals surface area (Å²) in [7, 11) is 0. The second-order valence-electron chi connectivity index (χ2n) is 6.79. The van der Waals surface area contributed by atoms with Gasteiger partial charge in [-0.25, -0.2) is 4.98 Å². The van der Waals surface area contributed by atoms with Crippen molar-refractivity contribution in [1.82, 2.24) is 10.3 Å². The minimum absolute atomic E-state index is 0.923. The van der Waals surface area contributed by atoms with Crippen LogP contribution in [-0.2, 0) is 6.54 Å². The van der Waals surface area contributed by atoms with Crippen LogP contribution < -0.4 is 10.2 Å². The van der Waals surface area contributed by atoms with E-state index in [1.165, 1.54) is 48.9 Å². The van der Waals surface area contributed by atoms with Crippen molar-refractivity contribution >= 4 is 16.7 Å². The standard InChI is InChI=1S/C19H25N3/c1-4-10-22(11-5-1)19-17(14-20-13-15-8-9-15)12-16-6-2-3-7-18(16)21-19/h2-3,6-7,12,15,20H,1,4-5,8-11,13-14H2. The van der Waals surface area contributed by atoms with Gasteiger partial charge in [-0.2, -0.15) is 0 Å². The fraction of sp³-hybridized carbons (Fsp3) is 0.526. The maximum atomic E-state index is 5.00. The molecule has 0 amide bonds. The maximum absolute atomic E-state index is 5.00. The largest absolute Gasteiger partial charge is 0.356 e. The molecule has 0 unspecified atom stereocenters. The minimum atomic E-state index is 0.923. The monoisotopic (exact) mass is 295 g/mol. The van der Waals surface area contributed by atoms with E-state index in [9.17, 15) is 0 Å². The lowest BCUT2D eigenvalue weighted by Crippen LogP contribution is -2.32. The molecule has 2 fully saturated rings. The van der Waals surface area contributed by atoms with Crippen LogP contribution in [0.5, 0.6) is 0 Å². The van der Waals surface area contributed by atoms with Crippen LogP contribution >= 0.6 is 0 Å². The Bertz CT molecular complexity index is 642. The minimum Gasteiger partial charge on any atom is -0.356 e. The molecule has 2 aromatic rings. The topological polar surface area (TPSA) is 28.2 Å². The van der Waals surface area contributed by atoms with E-state index in [-0.39, 0.29) is 0 Å². The molecule has 1 saturated heterocycles. The van der Waals surface area contributed by atoms with Crippen molar-refractivity contribution < 1.29 is 0 Å². The van der Waals surface area contributed by atoms with Gasteiger partial charge < -0.3 is 10.2 Å². The molecule has 0 spiro atoms. The predicted molar refractivity (Wildman–Crippen MR) is 92.2 cm³/mol. The fourth-order valence-corrected chi connectivity index (χ4v) is 3.39. The first-order valence-corrected chi connectivity index (χ1v) is 8.74. The van der Waals surface area contributed by atoms with Crippen molar-refractivity contribution in [2.24, 2.45) is 5.92 Å². The number of piperidine rings is 1. The Morgan fingerprint density at radius 3 is 2.73 bits per heavy atom. The first kappa shape index (κ1) is 14.0. The number of aromatic nitrogens is 1. The Hall–Kier alpha value is -1.61. The van der Waals surface area contributed by atoms with Crippen molar-refractivity contribution in [3.05, 3.63) is 35.9 Å². The van der Waals surface area contributed by atoms with E-state index < -0.39 is 0 Å². The quantitative estimate of drug-likeness (QED) is 0.911. The van der Waals surface area contributed by atoms with E-state index >= 15 is 0 Å². The van der Waals surface area contributed by atoms with Gasteiger partial charge in [-0.3, -0.25) is 0 Å². The van der Waals surface area contributed by atoms with E-state index in [1.807, 2.05) is 0 Å². The molecule has 3 heteroatoms. The molecular weight excluding hydrogens is 270 g/mol. The van der Waals surface area contributed by atoms with E-state index in [1.54, 1.807) is 0 Å². The summed E-state index contributed by atoms with van der Waals surface area (Å²) in [6.45, 7) is 4.41. The average Bonchev–Trinajstić information content (AvgIpc) is 3.39. The highest BCUT2D eigenvalue weighted by Crippen LogP contribution is 2.29. The second kappa shape index (κ2) is 6.25. The van der Waals surface area contributed by atoms with Gasteiger partial charge in [0.05, 0.1) is 5.52 Å². The highest BCUT2D eigenvalue weighted by Gasteiger charge is 2.21. The molecule has 22 heavy (non-hydrogen) atoms. The smallest absolute Gasteiger partial charge is 0.133 e. The lowest BCUT2D eigenvalue weighted by molar-refractivity contribution is 0.569. The van der Waals surface area contributed by atoms with Gasteiger partial charge in [0.25, 0.3) is 0 Å². The van der Waals surface area contributed by atoms with Crippen LogP contribution in [0.25, 0.3) is 10.9 Å². The number of nitrogens with zero attached hydrogens (tertiary/aromatic N) is 2. The van der Waals surface area contributed by atoms with Gasteiger partial charge in [-0.15, -0.1) is 0 Å². The van der Waals surface area contributed by atoms with Gasteiger partial charge in [-0.1, -0.05) is 18.2 Å². The summed E-state index contributed by atoms with van der Waals surface area (Å²) in [5.74, 6) is 2.13. The van der Waals surface area contributed by atoms with Gasteiger partial charge in [0, 0.05) is 30.6 Å². The highest BCUT2D eigenvalue weighted by atomic mass is 15.2. The first-order valence-electron chi connectivity index (χ1n) is 8.74. The third-order valence-electron chi connectivity index (χ3n) is 4.88. The van der Waals surface area contributed by atoms with Crippen LogP contribution in [0.3, 0.4) is 0 Å². The van der Waals surface area contributed by atoms with Crippen LogP contribution in [0.4, 0.5) is 5.82 Å². The molecule has 1 aliphatic heterocycles. The molecule has 1 aromatic carbocycles. The molecule has 4 rings (SSSR count). The molecule has 2 aliphatic rings. The van der Waals surface area contributed by atoms with Crippen molar-refractivity contribution in [2.45, 2.75) is 38.6 Å². The molecule has 1 aromatic heterocycles. The zero-order valence-corrected chi connectivity index (χ0v) is 13.2. The average molecular weight is 295 g/mol. The van der Waals surface area contributed by atoms with Crippen molar-refractivity contribution in [3.8, 4) is 0 Å². The molecule has 1 aliphatic carbocycles. The van der Waals surface area contributed by atoms with E-state index in [0.29, 0.717) is 0 Å². The van der Waals surface area contributed by atoms with Crippen LogP contribution in [0.1, 0.15) is 37.7 Å². The number of pyridine rings is 1. The van der Waals surface area contributed by atoms with Crippen LogP contribution in [0.2, 0.25) is 0 Å². The van der Waals surface area contributed by atoms with E-state index in [0.717, 1.165) is 37.6 Å². The molecule has 3 nitrogen and oxygen atoms in total. The normalized spacial score (nSPS) is 18.8. The van der Waals surface area contributed by atoms with Gasteiger partial charge in [0.1, 0.15) is 5.82 Å². The van der Waals surface area contributed by atoms with Crippen LogP contribution in [-0.4, -0.2) is 24.6 Å². The van der Waals surface area contributed by atoms with Gasteiger partial charge >= 0.3 is 0 Å². The Morgan fingerprint density at radius 2 is 1.91 bits per heavy atom. The fourth-order valence-electron chi connectivity index (χ4n) is 3.39. The number of hydrogen-bond donors (Lipinski definition) is 1. The Labute approximate surface area is 132 Å².